The van der Waals surface area contributed by atoms with E-state index in [9.17, 15) is 9.90 Å². The van der Waals surface area contributed by atoms with Gasteiger partial charge in [-0.2, -0.15) is 10.5 Å². The molecule has 1 heterocycles. The molecule has 0 bridgehead atoms. The van der Waals surface area contributed by atoms with Gasteiger partial charge < -0.3 is 10.0 Å². The molecular formula is C18H13N3O2. The number of carbonyl (C=O) groups excluding carboxylic acids is 1. The van der Waals surface area contributed by atoms with Crippen LogP contribution in [0.25, 0.3) is 0 Å². The minimum Gasteiger partial charge on any atom is -0.383 e. The fourth-order valence-corrected chi connectivity index (χ4v) is 2.84. The zero-order valence-electron chi connectivity index (χ0n) is 12.2. The lowest BCUT2D eigenvalue weighted by molar-refractivity contribution is -0.124. The summed E-state index contributed by atoms with van der Waals surface area (Å²) in [5, 5.41) is 27.9. The van der Waals surface area contributed by atoms with Gasteiger partial charge in [0.1, 0.15) is 6.10 Å². The van der Waals surface area contributed by atoms with E-state index in [1.54, 1.807) is 42.5 Å². The molecule has 0 aromatic heterocycles. The van der Waals surface area contributed by atoms with Crippen molar-refractivity contribution in [1.29, 1.82) is 10.5 Å². The molecule has 3 rings (SSSR count). The fourth-order valence-electron chi connectivity index (χ4n) is 2.84. The third kappa shape index (κ3) is 2.66. The maximum Gasteiger partial charge on any atom is 0.256 e. The number of aliphatic hydroxyl groups excluding tert-OH is 1. The molecule has 5 heteroatoms. The molecule has 1 amide bonds. The molecule has 1 aliphatic rings. The SMILES string of the molecule is N#Cc1ccc(N2C(=O)C(O)CC2c2cccc(C#N)c2)cc1. The van der Waals surface area contributed by atoms with Crippen molar-refractivity contribution in [3.05, 3.63) is 65.2 Å². The first kappa shape index (κ1) is 14.8. The Hall–Kier alpha value is -3.15. The van der Waals surface area contributed by atoms with E-state index in [-0.39, 0.29) is 18.4 Å². The van der Waals surface area contributed by atoms with Gasteiger partial charge in [-0.1, -0.05) is 12.1 Å². The number of amides is 1. The van der Waals surface area contributed by atoms with E-state index in [1.807, 2.05) is 12.1 Å². The molecule has 1 fully saturated rings. The van der Waals surface area contributed by atoms with E-state index in [0.29, 0.717) is 16.8 Å². The van der Waals surface area contributed by atoms with Crippen molar-refractivity contribution in [2.24, 2.45) is 0 Å². The van der Waals surface area contributed by atoms with Gasteiger partial charge >= 0.3 is 0 Å². The first-order valence-corrected chi connectivity index (χ1v) is 7.15. The lowest BCUT2D eigenvalue weighted by Crippen LogP contribution is -2.30. The van der Waals surface area contributed by atoms with Crippen molar-refractivity contribution in [3.63, 3.8) is 0 Å². The number of carbonyl (C=O) groups is 1. The third-order valence-corrected chi connectivity index (χ3v) is 3.96. The van der Waals surface area contributed by atoms with Gasteiger partial charge in [0, 0.05) is 12.1 Å². The third-order valence-electron chi connectivity index (χ3n) is 3.96. The first-order chi connectivity index (χ1) is 11.1. The van der Waals surface area contributed by atoms with Crippen molar-refractivity contribution < 1.29 is 9.90 Å². The van der Waals surface area contributed by atoms with Crippen LogP contribution in [-0.2, 0) is 4.79 Å². The molecule has 2 aromatic rings. The second-order valence-corrected chi connectivity index (χ2v) is 5.37. The summed E-state index contributed by atoms with van der Waals surface area (Å²) in [6, 6.07) is 17.5. The highest BCUT2D eigenvalue weighted by molar-refractivity contribution is 5.99. The highest BCUT2D eigenvalue weighted by Crippen LogP contribution is 2.37. The zero-order chi connectivity index (χ0) is 16.4. The lowest BCUT2D eigenvalue weighted by Gasteiger charge is -2.25. The molecule has 0 spiro atoms. The van der Waals surface area contributed by atoms with E-state index in [0.717, 1.165) is 5.56 Å². The van der Waals surface area contributed by atoms with Crippen LogP contribution >= 0.6 is 0 Å². The predicted molar refractivity (Wildman–Crippen MR) is 83.2 cm³/mol. The average molecular weight is 303 g/mol. The molecule has 5 nitrogen and oxygen atoms in total. The zero-order valence-corrected chi connectivity index (χ0v) is 12.2. The Morgan fingerprint density at radius 2 is 1.74 bits per heavy atom. The molecule has 0 aliphatic carbocycles. The van der Waals surface area contributed by atoms with E-state index in [2.05, 4.69) is 6.07 Å². The van der Waals surface area contributed by atoms with Crippen LogP contribution in [-0.4, -0.2) is 17.1 Å². The average Bonchev–Trinajstić information content (AvgIpc) is 2.90. The normalized spacial score (nSPS) is 20.1. The van der Waals surface area contributed by atoms with E-state index < -0.39 is 6.10 Å². The van der Waals surface area contributed by atoms with Crippen LogP contribution < -0.4 is 4.90 Å². The van der Waals surface area contributed by atoms with Gasteiger partial charge in [0.15, 0.2) is 0 Å². The van der Waals surface area contributed by atoms with E-state index >= 15 is 0 Å². The van der Waals surface area contributed by atoms with Gasteiger partial charge in [-0.15, -0.1) is 0 Å². The maximum absolute atomic E-state index is 12.3. The standard InChI is InChI=1S/C18H13N3O2/c19-10-12-4-6-15(7-5-12)21-16(9-17(22)18(21)23)14-3-1-2-13(8-14)11-20/h1-8,16-17,22H,9H2. The van der Waals surface area contributed by atoms with Gasteiger partial charge in [-0.05, 0) is 42.0 Å². The van der Waals surface area contributed by atoms with Gasteiger partial charge in [0.2, 0.25) is 0 Å². The Bertz CT molecular complexity index is 831. The van der Waals surface area contributed by atoms with Crippen molar-refractivity contribution in [3.8, 4) is 12.1 Å². The Morgan fingerprint density at radius 1 is 1.04 bits per heavy atom. The molecule has 23 heavy (non-hydrogen) atoms. The van der Waals surface area contributed by atoms with Crippen LogP contribution in [0, 0.1) is 22.7 Å². The summed E-state index contributed by atoms with van der Waals surface area (Å²) < 4.78 is 0. The highest BCUT2D eigenvalue weighted by atomic mass is 16.3. The van der Waals surface area contributed by atoms with Crippen LogP contribution in [0.3, 0.4) is 0 Å². The molecule has 2 atom stereocenters. The van der Waals surface area contributed by atoms with Gasteiger partial charge in [-0.3, -0.25) is 4.79 Å². The Labute approximate surface area is 133 Å². The quantitative estimate of drug-likeness (QED) is 0.921. The molecule has 0 radical (unpaired) electrons. The molecule has 112 valence electrons. The highest BCUT2D eigenvalue weighted by Gasteiger charge is 2.40. The summed E-state index contributed by atoms with van der Waals surface area (Å²) in [6.07, 6.45) is -0.797. The smallest absolute Gasteiger partial charge is 0.256 e. The lowest BCUT2D eigenvalue weighted by atomic mass is 10.0. The first-order valence-electron chi connectivity index (χ1n) is 7.15. The van der Waals surface area contributed by atoms with Crippen molar-refractivity contribution >= 4 is 11.6 Å². The molecule has 1 N–H and O–H groups in total. The van der Waals surface area contributed by atoms with Crippen LogP contribution in [0.4, 0.5) is 5.69 Å². The summed E-state index contributed by atoms with van der Waals surface area (Å²) in [5.74, 6) is -0.373. The van der Waals surface area contributed by atoms with Crippen LogP contribution in [0.5, 0.6) is 0 Å². The number of aliphatic hydroxyl groups is 1. The summed E-state index contributed by atoms with van der Waals surface area (Å²) in [4.78, 5) is 13.9. The molecular weight excluding hydrogens is 290 g/mol. The molecule has 1 aliphatic heterocycles. The summed E-state index contributed by atoms with van der Waals surface area (Å²) in [5.41, 5.74) is 2.44. The molecule has 2 aromatic carbocycles. The number of rotatable bonds is 2. The van der Waals surface area contributed by atoms with Gasteiger partial charge in [0.25, 0.3) is 5.91 Å². The number of nitriles is 2. The van der Waals surface area contributed by atoms with Crippen molar-refractivity contribution in [2.45, 2.75) is 18.6 Å². The minimum absolute atomic E-state index is 0.272. The topological polar surface area (TPSA) is 88.1 Å². The monoisotopic (exact) mass is 303 g/mol. The fraction of sp³-hybridized carbons (Fsp3) is 0.167. The number of benzene rings is 2. The Balaban J connectivity index is 2.02. The van der Waals surface area contributed by atoms with Gasteiger partial charge in [-0.25, -0.2) is 0 Å². The van der Waals surface area contributed by atoms with E-state index in [4.69, 9.17) is 10.5 Å². The second kappa shape index (κ2) is 5.92. The summed E-state index contributed by atoms with van der Waals surface area (Å²) in [7, 11) is 0. The van der Waals surface area contributed by atoms with E-state index in [1.165, 1.54) is 4.90 Å². The summed E-state index contributed by atoms with van der Waals surface area (Å²) >= 11 is 0. The number of anilines is 1. The molecule has 0 saturated carbocycles. The number of hydrogen-bond donors (Lipinski definition) is 1. The van der Waals surface area contributed by atoms with Crippen LogP contribution in [0.1, 0.15) is 29.2 Å². The predicted octanol–water partition coefficient (Wildman–Crippen LogP) is 2.27. The van der Waals surface area contributed by atoms with Crippen LogP contribution in [0.15, 0.2) is 48.5 Å². The Kier molecular flexibility index (Phi) is 3.80. The largest absolute Gasteiger partial charge is 0.383 e. The van der Waals surface area contributed by atoms with Crippen molar-refractivity contribution in [2.75, 3.05) is 4.90 Å². The minimum atomic E-state index is -1.07. The van der Waals surface area contributed by atoms with Crippen molar-refractivity contribution in [1.82, 2.24) is 0 Å². The maximum atomic E-state index is 12.3. The molecule has 1 saturated heterocycles. The summed E-state index contributed by atoms with van der Waals surface area (Å²) in [6.45, 7) is 0. The Morgan fingerprint density at radius 3 is 2.39 bits per heavy atom. The van der Waals surface area contributed by atoms with Crippen LogP contribution in [0.2, 0.25) is 0 Å². The number of nitrogens with zero attached hydrogens (tertiary/aromatic N) is 3. The number of hydrogen-bond acceptors (Lipinski definition) is 4. The second-order valence-electron chi connectivity index (χ2n) is 5.37. The van der Waals surface area contributed by atoms with Gasteiger partial charge in [0.05, 0.1) is 29.3 Å². The molecule has 2 unspecified atom stereocenters.